The minimum Gasteiger partial charge on any atom is -0.333 e. The molecule has 1 saturated carbocycles. The summed E-state index contributed by atoms with van der Waals surface area (Å²) in [5, 5.41) is 0. The monoisotopic (exact) mass is 316 g/mol. The predicted octanol–water partition coefficient (Wildman–Crippen LogP) is 1.49. The summed E-state index contributed by atoms with van der Waals surface area (Å²) in [4.78, 5) is 16.6. The van der Waals surface area contributed by atoms with E-state index in [0.717, 1.165) is 24.0 Å². The molecule has 0 saturated heterocycles. The highest BCUT2D eigenvalue weighted by Crippen LogP contribution is 2.30. The first-order valence-electron chi connectivity index (χ1n) is 6.59. The first kappa shape index (κ1) is 15.5. The molecule has 1 N–H and O–H groups in total. The van der Waals surface area contributed by atoms with Gasteiger partial charge in [-0.15, -0.1) is 11.3 Å². The van der Waals surface area contributed by atoms with Crippen molar-refractivity contribution in [3.05, 3.63) is 21.9 Å². The first-order chi connectivity index (χ1) is 9.26. The molecule has 20 heavy (non-hydrogen) atoms. The van der Waals surface area contributed by atoms with Crippen LogP contribution in [0.4, 0.5) is 0 Å². The molecule has 1 atom stereocenters. The van der Waals surface area contributed by atoms with E-state index in [2.05, 4.69) is 4.72 Å². The maximum atomic E-state index is 12.4. The number of hydrogen-bond donors (Lipinski definition) is 1. The molecule has 5 nitrogen and oxygen atoms in total. The highest BCUT2D eigenvalue weighted by atomic mass is 32.2. The number of aryl methyl sites for hydroxylation is 1. The summed E-state index contributed by atoms with van der Waals surface area (Å²) >= 11 is 1.67. The lowest BCUT2D eigenvalue weighted by Gasteiger charge is -2.25. The summed E-state index contributed by atoms with van der Waals surface area (Å²) in [7, 11) is -3.37. The van der Waals surface area contributed by atoms with Gasteiger partial charge in [0.25, 0.3) is 0 Å². The Morgan fingerprint density at radius 3 is 2.60 bits per heavy atom. The Morgan fingerprint density at radius 1 is 1.50 bits per heavy atom. The molecule has 1 heterocycles. The van der Waals surface area contributed by atoms with Crippen molar-refractivity contribution in [3.63, 3.8) is 0 Å². The number of sulfonamides is 1. The molecular weight excluding hydrogens is 296 g/mol. The third-order valence-electron chi connectivity index (χ3n) is 3.15. The highest BCUT2D eigenvalue weighted by Gasteiger charge is 2.35. The van der Waals surface area contributed by atoms with E-state index >= 15 is 0 Å². The zero-order valence-electron chi connectivity index (χ0n) is 11.9. The number of rotatable bonds is 6. The molecule has 1 amide bonds. The van der Waals surface area contributed by atoms with E-state index in [1.54, 1.807) is 23.2 Å². The molecule has 1 aliphatic carbocycles. The summed E-state index contributed by atoms with van der Waals surface area (Å²) in [5.74, 6) is -0.149. The zero-order chi connectivity index (χ0) is 14.9. The van der Waals surface area contributed by atoms with Gasteiger partial charge in [-0.25, -0.2) is 13.1 Å². The van der Waals surface area contributed by atoms with Crippen molar-refractivity contribution in [2.75, 3.05) is 6.26 Å². The number of nitrogens with one attached hydrogen (secondary N) is 1. The van der Waals surface area contributed by atoms with Crippen LogP contribution in [-0.4, -0.2) is 37.6 Å². The van der Waals surface area contributed by atoms with E-state index in [-0.39, 0.29) is 11.9 Å². The van der Waals surface area contributed by atoms with Crippen molar-refractivity contribution < 1.29 is 13.2 Å². The van der Waals surface area contributed by atoms with Gasteiger partial charge >= 0.3 is 0 Å². The van der Waals surface area contributed by atoms with Crippen LogP contribution < -0.4 is 4.72 Å². The van der Waals surface area contributed by atoms with Gasteiger partial charge in [-0.3, -0.25) is 4.79 Å². The van der Waals surface area contributed by atoms with Crippen molar-refractivity contribution >= 4 is 27.3 Å². The van der Waals surface area contributed by atoms with Gasteiger partial charge < -0.3 is 4.90 Å². The van der Waals surface area contributed by atoms with E-state index in [9.17, 15) is 13.2 Å². The summed E-state index contributed by atoms with van der Waals surface area (Å²) < 4.78 is 24.8. The molecule has 0 unspecified atom stereocenters. The lowest BCUT2D eigenvalue weighted by Crippen LogP contribution is -2.47. The van der Waals surface area contributed by atoms with Gasteiger partial charge in [0.1, 0.15) is 0 Å². The minimum atomic E-state index is -3.37. The van der Waals surface area contributed by atoms with Gasteiger partial charge in [0.2, 0.25) is 15.9 Å². The van der Waals surface area contributed by atoms with Gasteiger partial charge in [-0.1, -0.05) is 0 Å². The van der Waals surface area contributed by atoms with Crippen LogP contribution >= 0.6 is 11.3 Å². The normalized spacial score (nSPS) is 16.9. The molecule has 7 heteroatoms. The SMILES string of the molecule is Cc1ccc(CN(C(=O)[C@H](C)NS(C)(=O)=O)C2CC2)s1. The molecule has 1 aliphatic rings. The lowest BCUT2D eigenvalue weighted by atomic mass is 10.3. The molecule has 2 rings (SSSR count). The second-order valence-electron chi connectivity index (χ2n) is 5.32. The van der Waals surface area contributed by atoms with Gasteiger partial charge in [0.05, 0.1) is 18.8 Å². The second-order valence-corrected chi connectivity index (χ2v) is 8.47. The first-order valence-corrected chi connectivity index (χ1v) is 9.30. The highest BCUT2D eigenvalue weighted by molar-refractivity contribution is 7.88. The standard InChI is InChI=1S/C13H20N2O3S2/c1-9-4-7-12(19-9)8-15(11-5-6-11)13(16)10(2)14-20(3,17)18/h4,7,10-11,14H,5-6,8H2,1-3H3/t10-/m0/s1. The van der Waals surface area contributed by atoms with E-state index in [4.69, 9.17) is 0 Å². The smallest absolute Gasteiger partial charge is 0.241 e. The van der Waals surface area contributed by atoms with E-state index in [1.165, 1.54) is 4.88 Å². The summed E-state index contributed by atoms with van der Waals surface area (Å²) in [6.07, 6.45) is 3.07. The number of hydrogen-bond acceptors (Lipinski definition) is 4. The van der Waals surface area contributed by atoms with Crippen LogP contribution in [0.15, 0.2) is 12.1 Å². The molecule has 0 radical (unpaired) electrons. The number of carbonyl (C=O) groups is 1. The molecule has 1 fully saturated rings. The van der Waals surface area contributed by atoms with Crippen LogP contribution in [0.25, 0.3) is 0 Å². The van der Waals surface area contributed by atoms with Crippen LogP contribution in [0.2, 0.25) is 0 Å². The van der Waals surface area contributed by atoms with E-state index in [0.29, 0.717) is 6.54 Å². The largest absolute Gasteiger partial charge is 0.333 e. The molecule has 0 spiro atoms. The molecule has 112 valence electrons. The summed E-state index contributed by atoms with van der Waals surface area (Å²) in [6.45, 7) is 4.20. The van der Waals surface area contributed by atoms with Gasteiger partial charge in [-0.05, 0) is 38.8 Å². The zero-order valence-corrected chi connectivity index (χ0v) is 13.6. The van der Waals surface area contributed by atoms with E-state index < -0.39 is 16.1 Å². The van der Waals surface area contributed by atoms with Crippen molar-refractivity contribution in [1.82, 2.24) is 9.62 Å². The molecule has 0 aliphatic heterocycles. The van der Waals surface area contributed by atoms with Crippen LogP contribution in [0.1, 0.15) is 29.5 Å². The van der Waals surface area contributed by atoms with Crippen molar-refractivity contribution in [2.45, 2.75) is 45.3 Å². The predicted molar refractivity (Wildman–Crippen MR) is 80.1 cm³/mol. The number of thiophene rings is 1. The molecular formula is C13H20N2O3S2. The fraction of sp³-hybridized carbons (Fsp3) is 0.615. The Bertz CT molecular complexity index is 591. The third kappa shape index (κ3) is 4.29. The second kappa shape index (κ2) is 5.83. The van der Waals surface area contributed by atoms with Gasteiger partial charge in [0, 0.05) is 15.8 Å². The van der Waals surface area contributed by atoms with Crippen molar-refractivity contribution in [3.8, 4) is 0 Å². The molecule has 1 aromatic rings. The van der Waals surface area contributed by atoms with Crippen molar-refractivity contribution in [1.29, 1.82) is 0 Å². The maximum absolute atomic E-state index is 12.4. The minimum absolute atomic E-state index is 0.149. The molecule has 0 bridgehead atoms. The van der Waals surface area contributed by atoms with Crippen LogP contribution in [0.5, 0.6) is 0 Å². The Hall–Kier alpha value is -0.920. The number of carbonyl (C=O) groups excluding carboxylic acids is 1. The number of amides is 1. The Kier molecular flexibility index (Phi) is 4.51. The topological polar surface area (TPSA) is 66.5 Å². The molecule has 0 aromatic carbocycles. The van der Waals surface area contributed by atoms with Gasteiger partial charge in [-0.2, -0.15) is 0 Å². The average molecular weight is 316 g/mol. The Labute approximate surface area is 124 Å². The third-order valence-corrected chi connectivity index (χ3v) is 4.92. The summed E-state index contributed by atoms with van der Waals surface area (Å²) in [6, 6.07) is 3.60. The Morgan fingerprint density at radius 2 is 2.15 bits per heavy atom. The van der Waals surface area contributed by atoms with Gasteiger partial charge in [0.15, 0.2) is 0 Å². The lowest BCUT2D eigenvalue weighted by molar-refractivity contribution is -0.133. The molecule has 1 aromatic heterocycles. The van der Waals surface area contributed by atoms with E-state index in [1.807, 2.05) is 19.1 Å². The van der Waals surface area contributed by atoms with Crippen LogP contribution in [-0.2, 0) is 21.4 Å². The van der Waals surface area contributed by atoms with Crippen molar-refractivity contribution in [2.24, 2.45) is 0 Å². The summed E-state index contributed by atoms with van der Waals surface area (Å²) in [5.41, 5.74) is 0. The average Bonchev–Trinajstić information content (AvgIpc) is 3.07. The van der Waals surface area contributed by atoms with Crippen LogP contribution in [0, 0.1) is 6.92 Å². The fourth-order valence-corrected chi connectivity index (χ4v) is 3.76. The van der Waals surface area contributed by atoms with Crippen LogP contribution in [0.3, 0.4) is 0 Å². The Balaban J connectivity index is 2.06. The fourth-order valence-electron chi connectivity index (χ4n) is 2.13. The number of nitrogens with zero attached hydrogens (tertiary/aromatic N) is 1. The quantitative estimate of drug-likeness (QED) is 0.864. The maximum Gasteiger partial charge on any atom is 0.241 e.